The molecule has 1 amide bonds. The van der Waals surface area contributed by atoms with E-state index in [1.54, 1.807) is 11.0 Å². The summed E-state index contributed by atoms with van der Waals surface area (Å²) in [6, 6.07) is 19.3. The molecule has 0 radical (unpaired) electrons. The fourth-order valence-corrected chi connectivity index (χ4v) is 4.51. The topological polar surface area (TPSA) is 55.8 Å². The zero-order chi connectivity index (χ0) is 21.1. The number of ether oxygens (including phenoxy) is 2. The smallest absolute Gasteiger partial charge is 0.348 e. The van der Waals surface area contributed by atoms with Crippen molar-refractivity contribution in [3.8, 4) is 16.2 Å². The van der Waals surface area contributed by atoms with Crippen molar-refractivity contribution in [2.24, 2.45) is 0 Å². The number of nitrogens with zero attached hydrogens (tertiary/aromatic N) is 1. The van der Waals surface area contributed by atoms with Gasteiger partial charge in [-0.3, -0.25) is 4.79 Å². The van der Waals surface area contributed by atoms with Gasteiger partial charge in [0.1, 0.15) is 17.2 Å². The molecular formula is C24H23NO4S. The van der Waals surface area contributed by atoms with E-state index in [0.717, 1.165) is 27.3 Å². The molecule has 1 aliphatic heterocycles. The summed E-state index contributed by atoms with van der Waals surface area (Å²) in [5.74, 6) is 0.122. The molecule has 3 aromatic rings. The van der Waals surface area contributed by atoms with Crippen LogP contribution in [-0.4, -0.2) is 29.4 Å². The maximum Gasteiger partial charge on any atom is 0.348 e. The Labute approximate surface area is 179 Å². The van der Waals surface area contributed by atoms with Crippen molar-refractivity contribution in [2.45, 2.75) is 33.0 Å². The Bertz CT molecular complexity index is 1060. The van der Waals surface area contributed by atoms with Crippen LogP contribution in [0.1, 0.15) is 34.6 Å². The molecule has 5 nitrogen and oxygen atoms in total. The Morgan fingerprint density at radius 1 is 1.10 bits per heavy atom. The third kappa shape index (κ3) is 4.24. The molecule has 2 heterocycles. The van der Waals surface area contributed by atoms with Gasteiger partial charge < -0.3 is 14.4 Å². The highest BCUT2D eigenvalue weighted by Crippen LogP contribution is 2.42. The molecule has 0 unspecified atom stereocenters. The molecular weight excluding hydrogens is 398 g/mol. The van der Waals surface area contributed by atoms with Crippen molar-refractivity contribution in [2.75, 3.05) is 6.61 Å². The van der Waals surface area contributed by atoms with Gasteiger partial charge in [-0.15, -0.1) is 11.3 Å². The van der Waals surface area contributed by atoms with Crippen LogP contribution < -0.4 is 4.74 Å². The molecule has 0 spiro atoms. The molecule has 0 fully saturated rings. The molecule has 1 aliphatic rings. The Hall–Kier alpha value is -3.12. The zero-order valence-corrected chi connectivity index (χ0v) is 17.8. The van der Waals surface area contributed by atoms with E-state index in [2.05, 4.69) is 0 Å². The van der Waals surface area contributed by atoms with Gasteiger partial charge in [-0.25, -0.2) is 4.79 Å². The Morgan fingerprint density at radius 3 is 2.60 bits per heavy atom. The minimum atomic E-state index is -0.483. The van der Waals surface area contributed by atoms with Crippen LogP contribution in [0.15, 0.2) is 60.7 Å². The summed E-state index contributed by atoms with van der Waals surface area (Å²) >= 11 is 1.38. The average Bonchev–Trinajstić information content (AvgIpc) is 3.21. The number of thiophene rings is 1. The largest absolute Gasteiger partial charge is 0.488 e. The minimum absolute atomic E-state index is 0.000824. The number of hydrogen-bond acceptors (Lipinski definition) is 5. The molecule has 0 aliphatic carbocycles. The standard InChI is InChI=1S/C24H23NO4S/c1-16(2)25(13-17-8-4-3-5-9-17)22(26)15-29-24(27)21-12-18-14-28-20-11-7-6-10-19(20)23(18)30-21/h3-12,16H,13-15H2,1-2H3. The summed E-state index contributed by atoms with van der Waals surface area (Å²) in [5, 5.41) is 0. The number of fused-ring (bicyclic) bond motifs is 3. The van der Waals surface area contributed by atoms with Gasteiger partial charge in [-0.05, 0) is 37.6 Å². The minimum Gasteiger partial charge on any atom is -0.488 e. The van der Waals surface area contributed by atoms with Crippen LogP contribution in [0.5, 0.6) is 5.75 Å². The lowest BCUT2D eigenvalue weighted by Crippen LogP contribution is -2.39. The summed E-state index contributed by atoms with van der Waals surface area (Å²) in [7, 11) is 0. The van der Waals surface area contributed by atoms with Gasteiger partial charge in [0.05, 0.1) is 0 Å². The van der Waals surface area contributed by atoms with Crippen molar-refractivity contribution in [1.82, 2.24) is 4.90 Å². The van der Waals surface area contributed by atoms with Gasteiger partial charge in [-0.1, -0.05) is 42.5 Å². The molecule has 1 aromatic heterocycles. The second-order valence-corrected chi connectivity index (χ2v) is 8.48. The first-order valence-corrected chi connectivity index (χ1v) is 10.7. The van der Waals surface area contributed by atoms with Crippen LogP contribution in [0.4, 0.5) is 0 Å². The molecule has 6 heteroatoms. The van der Waals surface area contributed by atoms with Gasteiger partial charge in [0, 0.05) is 28.6 Å². The maximum atomic E-state index is 12.7. The van der Waals surface area contributed by atoms with Crippen LogP contribution in [0.25, 0.3) is 10.4 Å². The highest BCUT2D eigenvalue weighted by atomic mass is 32.1. The quantitative estimate of drug-likeness (QED) is 0.531. The number of carbonyl (C=O) groups excluding carboxylic acids is 2. The maximum absolute atomic E-state index is 12.7. The van der Waals surface area contributed by atoms with E-state index < -0.39 is 5.97 Å². The fraction of sp³-hybridized carbons (Fsp3) is 0.250. The van der Waals surface area contributed by atoms with E-state index in [0.29, 0.717) is 18.0 Å². The second kappa shape index (κ2) is 8.71. The van der Waals surface area contributed by atoms with Crippen molar-refractivity contribution in [3.05, 3.63) is 76.7 Å². The van der Waals surface area contributed by atoms with E-state index in [-0.39, 0.29) is 18.6 Å². The van der Waals surface area contributed by atoms with Gasteiger partial charge >= 0.3 is 5.97 Å². The van der Waals surface area contributed by atoms with Gasteiger partial charge in [0.25, 0.3) is 5.91 Å². The second-order valence-electron chi connectivity index (χ2n) is 7.43. The number of carbonyl (C=O) groups is 2. The van der Waals surface area contributed by atoms with Crippen molar-refractivity contribution in [3.63, 3.8) is 0 Å². The Kier molecular flexibility index (Phi) is 5.86. The molecule has 154 valence electrons. The number of hydrogen-bond donors (Lipinski definition) is 0. The summed E-state index contributed by atoms with van der Waals surface area (Å²) in [5.41, 5.74) is 2.98. The van der Waals surface area contributed by atoms with Crippen molar-refractivity contribution in [1.29, 1.82) is 0 Å². The normalized spacial score (nSPS) is 12.0. The van der Waals surface area contributed by atoms with Crippen LogP contribution in [0.3, 0.4) is 0 Å². The number of amides is 1. The lowest BCUT2D eigenvalue weighted by Gasteiger charge is -2.26. The highest BCUT2D eigenvalue weighted by molar-refractivity contribution is 7.17. The predicted octanol–water partition coefficient (Wildman–Crippen LogP) is 4.90. The summed E-state index contributed by atoms with van der Waals surface area (Å²) in [6.07, 6.45) is 0. The van der Waals surface area contributed by atoms with E-state index in [4.69, 9.17) is 9.47 Å². The molecule has 0 bridgehead atoms. The van der Waals surface area contributed by atoms with Crippen LogP contribution >= 0.6 is 11.3 Å². The van der Waals surface area contributed by atoms with E-state index in [1.165, 1.54) is 11.3 Å². The highest BCUT2D eigenvalue weighted by Gasteiger charge is 2.24. The predicted molar refractivity (Wildman–Crippen MR) is 116 cm³/mol. The molecule has 30 heavy (non-hydrogen) atoms. The number of rotatable bonds is 6. The lowest BCUT2D eigenvalue weighted by atomic mass is 10.1. The fourth-order valence-electron chi connectivity index (χ4n) is 3.42. The Balaban J connectivity index is 1.42. The molecule has 2 aromatic carbocycles. The van der Waals surface area contributed by atoms with Crippen LogP contribution in [0, 0.1) is 0 Å². The van der Waals surface area contributed by atoms with Gasteiger partial charge in [0.15, 0.2) is 6.61 Å². The summed E-state index contributed by atoms with van der Waals surface area (Å²) in [6.45, 7) is 4.53. The first kappa shape index (κ1) is 20.2. The molecule has 4 rings (SSSR count). The summed E-state index contributed by atoms with van der Waals surface area (Å²) < 4.78 is 11.1. The molecule has 0 saturated carbocycles. The van der Waals surface area contributed by atoms with Crippen LogP contribution in [0.2, 0.25) is 0 Å². The van der Waals surface area contributed by atoms with Crippen LogP contribution in [-0.2, 0) is 22.7 Å². The first-order valence-electron chi connectivity index (χ1n) is 9.88. The van der Waals surface area contributed by atoms with E-state index in [9.17, 15) is 9.59 Å². The third-order valence-corrected chi connectivity index (χ3v) is 6.18. The van der Waals surface area contributed by atoms with Gasteiger partial charge in [0.2, 0.25) is 0 Å². The number of benzene rings is 2. The lowest BCUT2D eigenvalue weighted by molar-refractivity contribution is -0.136. The average molecular weight is 422 g/mol. The van der Waals surface area contributed by atoms with Crippen molar-refractivity contribution < 1.29 is 19.1 Å². The summed E-state index contributed by atoms with van der Waals surface area (Å²) in [4.78, 5) is 28.5. The zero-order valence-electron chi connectivity index (χ0n) is 17.0. The van der Waals surface area contributed by atoms with E-state index in [1.807, 2.05) is 68.4 Å². The van der Waals surface area contributed by atoms with Gasteiger partial charge in [-0.2, -0.15) is 0 Å². The molecule has 0 N–H and O–H groups in total. The van der Waals surface area contributed by atoms with Crippen molar-refractivity contribution >= 4 is 23.2 Å². The first-order chi connectivity index (χ1) is 14.5. The SMILES string of the molecule is CC(C)N(Cc1ccccc1)C(=O)COC(=O)c1cc2c(s1)-c1ccccc1OC2. The molecule has 0 saturated heterocycles. The van der Waals surface area contributed by atoms with E-state index >= 15 is 0 Å². The third-order valence-electron chi connectivity index (χ3n) is 4.99. The number of esters is 1. The monoisotopic (exact) mass is 421 g/mol. The Morgan fingerprint density at radius 2 is 1.83 bits per heavy atom. The number of para-hydroxylation sites is 1. The molecule has 0 atom stereocenters.